The van der Waals surface area contributed by atoms with Gasteiger partial charge in [-0.2, -0.15) is 17.9 Å². The molecule has 0 spiro atoms. The fraction of sp³-hybridized carbons (Fsp3) is 0.400. The average Bonchev–Trinajstić information content (AvgIpc) is 3.90. The van der Waals surface area contributed by atoms with Gasteiger partial charge >= 0.3 is 11.9 Å². The number of nitrogens with zero attached hydrogens (tertiary/aromatic N) is 5. The summed E-state index contributed by atoms with van der Waals surface area (Å²) < 4.78 is 80.8. The first-order valence-corrected chi connectivity index (χ1v) is 23.6. The van der Waals surface area contributed by atoms with Gasteiger partial charge in [0.15, 0.2) is 21.4 Å². The van der Waals surface area contributed by atoms with Crippen molar-refractivity contribution in [2.75, 3.05) is 37.4 Å². The molecular weight excluding hydrogens is 934 g/mol. The van der Waals surface area contributed by atoms with Crippen LogP contribution in [0.2, 0.25) is 10.0 Å². The zero-order valence-electron chi connectivity index (χ0n) is 36.2. The largest absolute Gasteiger partial charge is 0.479 e. The molecule has 1 unspecified atom stereocenters. The lowest BCUT2D eigenvalue weighted by molar-refractivity contribution is -0.137. The highest BCUT2D eigenvalue weighted by Crippen LogP contribution is 2.42. The second kappa shape index (κ2) is 21.9. The van der Waals surface area contributed by atoms with E-state index in [0.29, 0.717) is 52.5 Å². The van der Waals surface area contributed by atoms with Crippen LogP contribution >= 0.6 is 34.8 Å². The second-order valence-electron chi connectivity index (χ2n) is 15.3. The Morgan fingerprint density at radius 1 is 1.09 bits per heavy atom. The molecular formula is C45H47Cl3F3N5O8S. The first kappa shape index (κ1) is 50.9. The van der Waals surface area contributed by atoms with E-state index < -0.39 is 32.3 Å². The molecule has 1 fully saturated rings. The predicted octanol–water partition coefficient (Wildman–Crippen LogP) is 9.06. The number of aromatic nitrogens is 4. The fourth-order valence-electron chi connectivity index (χ4n) is 7.19. The van der Waals surface area contributed by atoms with E-state index in [1.165, 1.54) is 16.9 Å². The number of benzene rings is 3. The van der Waals surface area contributed by atoms with E-state index in [-0.39, 0.29) is 47.2 Å². The zero-order chi connectivity index (χ0) is 47.8. The van der Waals surface area contributed by atoms with Gasteiger partial charge in [-0.3, -0.25) is 14.2 Å². The van der Waals surface area contributed by atoms with Crippen molar-refractivity contribution in [3.05, 3.63) is 115 Å². The highest BCUT2D eigenvalue weighted by atomic mass is 35.5. The number of halogens is 6. The number of aryl methyl sites for hydroxylation is 3. The molecule has 1 aliphatic heterocycles. The fourth-order valence-corrected chi connectivity index (χ4v) is 8.73. The zero-order valence-corrected chi connectivity index (χ0v) is 39.3. The molecule has 1 saturated carbocycles. The quantitative estimate of drug-likeness (QED) is 0.0634. The first-order valence-electron chi connectivity index (χ1n) is 20.4. The number of fused-ring (bicyclic) bond motifs is 1. The number of methoxy groups -OCH3 is 1. The van der Waals surface area contributed by atoms with Gasteiger partial charge in [-0.05, 0) is 81.3 Å². The molecule has 3 aromatic carbocycles. The van der Waals surface area contributed by atoms with E-state index in [2.05, 4.69) is 29.2 Å². The number of alkyl halides is 4. The van der Waals surface area contributed by atoms with Crippen LogP contribution in [0.5, 0.6) is 5.75 Å². The van der Waals surface area contributed by atoms with E-state index in [1.54, 1.807) is 22.6 Å². The Hall–Kier alpha value is -5.12. The molecule has 1 amide bonds. The van der Waals surface area contributed by atoms with Gasteiger partial charge < -0.3 is 18.9 Å². The lowest BCUT2D eigenvalue weighted by Gasteiger charge is -2.31. The Morgan fingerprint density at radius 2 is 1.82 bits per heavy atom. The summed E-state index contributed by atoms with van der Waals surface area (Å²) in [5.41, 5.74) is 2.07. The van der Waals surface area contributed by atoms with Gasteiger partial charge in [0.25, 0.3) is 0 Å². The van der Waals surface area contributed by atoms with Crippen molar-refractivity contribution in [1.29, 1.82) is 0 Å². The molecule has 20 heteroatoms. The number of sulfone groups is 1. The van der Waals surface area contributed by atoms with Crippen LogP contribution in [-0.2, 0) is 44.9 Å². The number of hydrogen-bond donors (Lipinski definition) is 0. The first-order chi connectivity index (χ1) is 30.8. The van der Waals surface area contributed by atoms with Crippen LogP contribution in [0.1, 0.15) is 89.6 Å². The number of anilines is 1. The van der Waals surface area contributed by atoms with Gasteiger partial charge in [-0.15, -0.1) is 23.1 Å². The molecule has 7 rings (SSSR count). The summed E-state index contributed by atoms with van der Waals surface area (Å²) in [7, 11) is -2.40. The summed E-state index contributed by atoms with van der Waals surface area (Å²) in [6, 6.07) is 11.2. The van der Waals surface area contributed by atoms with Crippen LogP contribution in [-0.4, -0.2) is 78.1 Å². The van der Waals surface area contributed by atoms with E-state index >= 15 is 0 Å². The van der Waals surface area contributed by atoms with Crippen LogP contribution in [0.3, 0.4) is 0 Å². The maximum absolute atomic E-state index is 12.8. The Morgan fingerprint density at radius 3 is 2.42 bits per heavy atom. The number of carbonyl (C=O) groups excluding carboxylic acids is 2. The standard InChI is InChI=1S/C15H13Cl2N3O2.C15H22ClNO2.C15H12F3NO4S/c1-2-7-22-13-9-12(10(16)8-11(13)17)20-15(21)19-6-4-3-5-14(19)18-20;1-5-13-8-6-7-11(2)15(13)17(14(18)9-16)12(3)10-19-4;1-24(21,22)12-6-9(15(16,17)18)4-5-10(12)13(20)11-7-19-23-14(11)8-2-3-8/h1,8-9H,3-7H2;6-8,12H,5,9-10H2,1-4H3;4-8H,2-3H2,1H3. The van der Waals surface area contributed by atoms with Crippen LogP contribution in [0.4, 0.5) is 18.9 Å². The van der Waals surface area contributed by atoms with Crippen molar-refractivity contribution in [2.24, 2.45) is 0 Å². The number of carbonyl (C=O) groups is 2. The number of terminal acetylenes is 1. The van der Waals surface area contributed by atoms with Crippen molar-refractivity contribution >= 4 is 62.0 Å². The van der Waals surface area contributed by atoms with Gasteiger partial charge in [0.2, 0.25) is 5.91 Å². The summed E-state index contributed by atoms with van der Waals surface area (Å²) in [5.74, 6) is 3.08. The SMILES string of the molecule is C#CCOc1cc(-n2nc3n(c2=O)CCCC3)c(Cl)cc1Cl.CCc1cccc(C)c1N(C(=O)CCl)C(C)COC.CS(=O)(=O)c1cc(C(F)(F)F)ccc1C(=O)c1cnoc1C1CC1. The molecule has 65 heavy (non-hydrogen) atoms. The third-order valence-electron chi connectivity index (χ3n) is 10.4. The lowest BCUT2D eigenvalue weighted by Crippen LogP contribution is -2.43. The Bertz CT molecular complexity index is 2740. The van der Waals surface area contributed by atoms with Crippen molar-refractivity contribution in [2.45, 2.75) is 88.9 Å². The molecule has 0 radical (unpaired) electrons. The van der Waals surface area contributed by atoms with E-state index in [9.17, 15) is 36.0 Å². The molecule has 2 aromatic heterocycles. The molecule has 348 valence electrons. The lowest BCUT2D eigenvalue weighted by atomic mass is 10.0. The van der Waals surface area contributed by atoms with Crippen molar-refractivity contribution in [3.8, 4) is 23.8 Å². The molecule has 1 aliphatic carbocycles. The summed E-state index contributed by atoms with van der Waals surface area (Å²) in [6.45, 7) is 7.32. The average molecular weight is 981 g/mol. The molecule has 3 heterocycles. The van der Waals surface area contributed by atoms with E-state index in [0.717, 1.165) is 73.5 Å². The molecule has 0 saturated heterocycles. The number of hydrogen-bond acceptors (Lipinski definition) is 10. The topological polar surface area (TPSA) is 156 Å². The smallest absolute Gasteiger partial charge is 0.416 e. The maximum Gasteiger partial charge on any atom is 0.416 e. The Kier molecular flexibility index (Phi) is 17.1. The summed E-state index contributed by atoms with van der Waals surface area (Å²) in [5, 5.41) is 8.59. The Labute approximate surface area is 389 Å². The van der Waals surface area contributed by atoms with Gasteiger partial charge in [0.05, 0.1) is 56.3 Å². The molecule has 5 aromatic rings. The molecule has 2 aliphatic rings. The van der Waals surface area contributed by atoms with E-state index in [1.807, 2.05) is 26.0 Å². The number of ketones is 1. The van der Waals surface area contributed by atoms with Crippen LogP contribution < -0.4 is 15.3 Å². The third-order valence-corrected chi connectivity index (χ3v) is 12.4. The molecule has 13 nitrogen and oxygen atoms in total. The van der Waals surface area contributed by atoms with Crippen molar-refractivity contribution in [3.63, 3.8) is 0 Å². The third kappa shape index (κ3) is 12.2. The minimum Gasteiger partial charge on any atom is -0.479 e. The van der Waals surface area contributed by atoms with Crippen LogP contribution in [0, 0.1) is 19.3 Å². The van der Waals surface area contributed by atoms with Gasteiger partial charge in [-0.1, -0.05) is 59.4 Å². The minimum absolute atomic E-state index is 0.0223. The normalized spacial score (nSPS) is 13.9. The number of para-hydroxylation sites is 1. The van der Waals surface area contributed by atoms with Gasteiger partial charge in [0, 0.05) is 43.9 Å². The summed E-state index contributed by atoms with van der Waals surface area (Å²) in [4.78, 5) is 38.4. The van der Waals surface area contributed by atoms with Crippen molar-refractivity contribution < 1.29 is 45.2 Å². The van der Waals surface area contributed by atoms with Crippen LogP contribution in [0.15, 0.2) is 68.9 Å². The number of amides is 1. The van der Waals surface area contributed by atoms with Crippen LogP contribution in [0.25, 0.3) is 5.69 Å². The second-order valence-corrected chi connectivity index (χ2v) is 18.3. The molecule has 1 atom stereocenters. The summed E-state index contributed by atoms with van der Waals surface area (Å²) in [6.07, 6.45) is 7.70. The number of rotatable bonds is 13. The van der Waals surface area contributed by atoms with E-state index in [4.69, 9.17) is 55.2 Å². The van der Waals surface area contributed by atoms with Gasteiger partial charge in [0.1, 0.15) is 24.1 Å². The molecule has 0 bridgehead atoms. The maximum atomic E-state index is 12.8. The summed E-state index contributed by atoms with van der Waals surface area (Å²) >= 11 is 18.0. The minimum atomic E-state index is -4.71. The van der Waals surface area contributed by atoms with Gasteiger partial charge in [-0.25, -0.2) is 13.2 Å². The molecule has 0 N–H and O–H groups in total. The highest BCUT2D eigenvalue weighted by molar-refractivity contribution is 7.90. The number of ether oxygens (including phenoxy) is 2. The highest BCUT2D eigenvalue weighted by Gasteiger charge is 2.36. The monoisotopic (exact) mass is 979 g/mol. The van der Waals surface area contributed by atoms with Crippen molar-refractivity contribution in [1.82, 2.24) is 19.5 Å². The predicted molar refractivity (Wildman–Crippen MR) is 242 cm³/mol. The Balaban J connectivity index is 0.000000185.